The van der Waals surface area contributed by atoms with Crippen LogP contribution in [-0.4, -0.2) is 23.9 Å². The molecule has 4 rings (SSSR count). The van der Waals surface area contributed by atoms with E-state index < -0.39 is 6.36 Å². The molecule has 38 heavy (non-hydrogen) atoms. The molecule has 4 aromatic carbocycles. The molecule has 0 aliphatic carbocycles. The quantitative estimate of drug-likeness (QED) is 0.113. The highest BCUT2D eigenvalue weighted by molar-refractivity contribution is 7.80. The number of hydrazone groups is 1. The van der Waals surface area contributed by atoms with Crippen molar-refractivity contribution >= 4 is 57.6 Å². The maximum atomic E-state index is 12.4. The highest BCUT2D eigenvalue weighted by Gasteiger charge is 2.30. The van der Waals surface area contributed by atoms with Crippen LogP contribution in [0.3, 0.4) is 0 Å². The Kier molecular flexibility index (Phi) is 7.92. The second kappa shape index (κ2) is 11.3. The SMILES string of the molecule is Cc1cccc(C)c1NC(=S)N/N=C/c1ccc2c(C=N)c(Nc3ccc(OC(F)(F)F)cc3)ccc2c1. The van der Waals surface area contributed by atoms with Gasteiger partial charge in [0.25, 0.3) is 0 Å². The summed E-state index contributed by atoms with van der Waals surface area (Å²) in [4.78, 5) is 0. The zero-order valence-corrected chi connectivity index (χ0v) is 21.3. The Labute approximate surface area is 223 Å². The van der Waals surface area contributed by atoms with E-state index in [1.165, 1.54) is 30.5 Å². The van der Waals surface area contributed by atoms with Crippen LogP contribution in [0.25, 0.3) is 10.8 Å². The van der Waals surface area contributed by atoms with Crippen LogP contribution >= 0.6 is 12.2 Å². The van der Waals surface area contributed by atoms with Crippen molar-refractivity contribution in [2.75, 3.05) is 10.6 Å². The highest BCUT2D eigenvalue weighted by Crippen LogP contribution is 2.30. The lowest BCUT2D eigenvalue weighted by molar-refractivity contribution is -0.274. The number of benzene rings is 4. The fourth-order valence-electron chi connectivity index (χ4n) is 3.93. The molecule has 0 bridgehead atoms. The standard InChI is InChI=1S/C28H24F3N5OS/c1-17-4-3-5-18(2)26(17)35-27(38)36-33-16-19-6-12-23-20(14-19)7-13-25(24(23)15-32)34-21-8-10-22(11-9-21)37-28(29,30)31/h3-16,32,34H,1-2H3,(H2,35,36,38)/b32-15?,33-16+. The smallest absolute Gasteiger partial charge is 0.406 e. The largest absolute Gasteiger partial charge is 0.573 e. The average molecular weight is 536 g/mol. The third-order valence-electron chi connectivity index (χ3n) is 5.70. The molecule has 0 radical (unpaired) electrons. The van der Waals surface area contributed by atoms with Crippen molar-refractivity contribution in [2.45, 2.75) is 20.2 Å². The fraction of sp³-hybridized carbons (Fsp3) is 0.107. The lowest BCUT2D eigenvalue weighted by Crippen LogP contribution is -2.24. The number of hydrogen-bond acceptors (Lipinski definition) is 5. The van der Waals surface area contributed by atoms with Gasteiger partial charge in [0.2, 0.25) is 0 Å². The minimum Gasteiger partial charge on any atom is -0.406 e. The van der Waals surface area contributed by atoms with Crippen LogP contribution in [0.5, 0.6) is 5.75 Å². The van der Waals surface area contributed by atoms with Gasteiger partial charge in [0, 0.05) is 28.8 Å². The molecule has 0 saturated heterocycles. The maximum Gasteiger partial charge on any atom is 0.573 e. The monoisotopic (exact) mass is 535 g/mol. The molecule has 0 saturated carbocycles. The molecule has 0 aliphatic rings. The first kappa shape index (κ1) is 26.6. The minimum absolute atomic E-state index is 0.306. The zero-order valence-electron chi connectivity index (χ0n) is 20.5. The number of hydrogen-bond donors (Lipinski definition) is 4. The summed E-state index contributed by atoms with van der Waals surface area (Å²) >= 11 is 5.35. The Bertz CT molecular complexity index is 1500. The second-order valence-corrected chi connectivity index (χ2v) is 8.85. The Morgan fingerprint density at radius 3 is 2.34 bits per heavy atom. The van der Waals surface area contributed by atoms with Crippen LogP contribution in [0, 0.1) is 19.3 Å². The Balaban J connectivity index is 1.46. The number of aryl methyl sites for hydroxylation is 2. The summed E-state index contributed by atoms with van der Waals surface area (Å²) < 4.78 is 41.1. The molecule has 10 heteroatoms. The second-order valence-electron chi connectivity index (χ2n) is 8.44. The summed E-state index contributed by atoms with van der Waals surface area (Å²) in [7, 11) is 0. The van der Waals surface area contributed by atoms with Gasteiger partial charge in [0.15, 0.2) is 5.11 Å². The van der Waals surface area contributed by atoms with Crippen molar-refractivity contribution in [2.24, 2.45) is 5.10 Å². The van der Waals surface area contributed by atoms with Crippen molar-refractivity contribution in [3.63, 3.8) is 0 Å². The summed E-state index contributed by atoms with van der Waals surface area (Å²) in [5, 5.41) is 20.6. The van der Waals surface area contributed by atoms with Gasteiger partial charge >= 0.3 is 6.36 Å². The van der Waals surface area contributed by atoms with E-state index in [0.717, 1.165) is 33.2 Å². The maximum absolute atomic E-state index is 12.4. The number of alkyl halides is 3. The Morgan fingerprint density at radius 1 is 0.974 bits per heavy atom. The molecule has 0 aromatic heterocycles. The number of rotatable bonds is 7. The number of para-hydroxylation sites is 1. The van der Waals surface area contributed by atoms with Gasteiger partial charge in [-0.3, -0.25) is 5.43 Å². The minimum atomic E-state index is -4.75. The molecule has 0 unspecified atom stereocenters. The van der Waals surface area contributed by atoms with Crippen LogP contribution < -0.4 is 20.8 Å². The zero-order chi connectivity index (χ0) is 27.3. The van der Waals surface area contributed by atoms with E-state index in [-0.39, 0.29) is 5.75 Å². The van der Waals surface area contributed by atoms with E-state index >= 15 is 0 Å². The van der Waals surface area contributed by atoms with Crippen molar-refractivity contribution in [3.8, 4) is 5.75 Å². The molecule has 0 heterocycles. The van der Waals surface area contributed by atoms with Crippen molar-refractivity contribution in [3.05, 3.63) is 95.1 Å². The van der Waals surface area contributed by atoms with Gasteiger partial charge in [-0.15, -0.1) is 13.2 Å². The molecule has 194 valence electrons. The van der Waals surface area contributed by atoms with Crippen LogP contribution in [-0.2, 0) is 0 Å². The van der Waals surface area contributed by atoms with E-state index in [9.17, 15) is 13.2 Å². The highest BCUT2D eigenvalue weighted by atomic mass is 32.1. The number of fused-ring (bicyclic) bond motifs is 1. The van der Waals surface area contributed by atoms with Gasteiger partial charge in [-0.1, -0.05) is 36.4 Å². The van der Waals surface area contributed by atoms with Gasteiger partial charge in [0.1, 0.15) is 5.75 Å². The third kappa shape index (κ3) is 6.65. The van der Waals surface area contributed by atoms with Crippen LogP contribution in [0.1, 0.15) is 22.3 Å². The predicted molar refractivity (Wildman–Crippen MR) is 151 cm³/mol. The van der Waals surface area contributed by atoms with Crippen LogP contribution in [0.4, 0.5) is 30.2 Å². The van der Waals surface area contributed by atoms with Crippen molar-refractivity contribution in [1.29, 1.82) is 5.41 Å². The lowest BCUT2D eigenvalue weighted by Gasteiger charge is -2.14. The number of halogens is 3. The number of anilines is 3. The first-order valence-electron chi connectivity index (χ1n) is 11.5. The summed E-state index contributed by atoms with van der Waals surface area (Å²) in [6.45, 7) is 4.01. The third-order valence-corrected chi connectivity index (χ3v) is 5.89. The number of thiocarbonyl (C=S) groups is 1. The van der Waals surface area contributed by atoms with Crippen molar-refractivity contribution in [1.82, 2.24) is 5.43 Å². The lowest BCUT2D eigenvalue weighted by atomic mass is 10.0. The number of ether oxygens (including phenoxy) is 1. The van der Waals surface area contributed by atoms with Gasteiger partial charge < -0.3 is 20.8 Å². The van der Waals surface area contributed by atoms with E-state index in [0.29, 0.717) is 22.1 Å². The van der Waals surface area contributed by atoms with Crippen molar-refractivity contribution < 1.29 is 17.9 Å². The molecule has 0 atom stereocenters. The normalized spacial score (nSPS) is 11.4. The van der Waals surface area contributed by atoms with Crippen LogP contribution in [0.15, 0.2) is 77.9 Å². The van der Waals surface area contributed by atoms with Gasteiger partial charge in [-0.25, -0.2) is 0 Å². The van der Waals surface area contributed by atoms with E-state index in [4.69, 9.17) is 17.6 Å². The van der Waals surface area contributed by atoms with E-state index in [2.05, 4.69) is 25.9 Å². The summed E-state index contributed by atoms with van der Waals surface area (Å²) in [6, 6.07) is 20.8. The molecule has 0 aliphatic heterocycles. The molecule has 4 N–H and O–H groups in total. The molecule has 0 spiro atoms. The first-order valence-corrected chi connectivity index (χ1v) is 11.9. The van der Waals surface area contributed by atoms with Gasteiger partial charge in [-0.2, -0.15) is 5.10 Å². The van der Waals surface area contributed by atoms with Gasteiger partial charge in [0.05, 0.1) is 6.21 Å². The average Bonchev–Trinajstić information content (AvgIpc) is 2.86. The molecular weight excluding hydrogens is 511 g/mol. The summed E-state index contributed by atoms with van der Waals surface area (Å²) in [5.74, 6) is -0.306. The molecular formula is C28H24F3N5OS. The summed E-state index contributed by atoms with van der Waals surface area (Å²) in [5.41, 5.74) is 8.60. The Hall–Kier alpha value is -4.44. The molecule has 6 nitrogen and oxygen atoms in total. The Morgan fingerprint density at radius 2 is 1.68 bits per heavy atom. The van der Waals surface area contributed by atoms with E-state index in [1.54, 1.807) is 6.21 Å². The van der Waals surface area contributed by atoms with Gasteiger partial charge in [-0.05, 0) is 89.9 Å². The molecule has 4 aromatic rings. The predicted octanol–water partition coefficient (Wildman–Crippen LogP) is 7.42. The summed E-state index contributed by atoms with van der Waals surface area (Å²) in [6.07, 6.45) is -1.86. The first-order chi connectivity index (χ1) is 18.1. The number of nitrogens with zero attached hydrogens (tertiary/aromatic N) is 1. The molecule has 0 fully saturated rings. The number of nitrogens with one attached hydrogen (secondary N) is 4. The molecule has 0 amide bonds. The topological polar surface area (TPSA) is 81.5 Å². The van der Waals surface area contributed by atoms with E-state index in [1.807, 2.05) is 62.4 Å². The van der Waals surface area contributed by atoms with Crippen LogP contribution in [0.2, 0.25) is 0 Å². The fourth-order valence-corrected chi connectivity index (χ4v) is 4.09.